The monoisotopic (exact) mass is 417 g/mol. The molecule has 8 nitrogen and oxygen atoms in total. The molecule has 0 spiro atoms. The van der Waals surface area contributed by atoms with E-state index in [1.165, 1.54) is 0 Å². The lowest BCUT2D eigenvalue weighted by molar-refractivity contribution is -0.133. The number of carbonyl (C=O) groups is 2. The molecule has 4 heterocycles. The molecule has 0 saturated carbocycles. The minimum absolute atomic E-state index is 0.0904. The summed E-state index contributed by atoms with van der Waals surface area (Å²) in [6.45, 7) is 7.97. The Labute approximate surface area is 178 Å². The Bertz CT molecular complexity index is 758. The molecule has 1 aromatic rings. The van der Waals surface area contributed by atoms with Gasteiger partial charge in [0.15, 0.2) is 0 Å². The topological polar surface area (TPSA) is 79.7 Å². The normalized spacial score (nSPS) is 29.0. The maximum absolute atomic E-state index is 12.8. The minimum atomic E-state index is -0.100. The second-order valence-corrected chi connectivity index (χ2v) is 9.42. The highest BCUT2D eigenvalue weighted by atomic mass is 16.5. The first-order chi connectivity index (χ1) is 14.4. The fourth-order valence-corrected chi connectivity index (χ4v) is 5.43. The van der Waals surface area contributed by atoms with Crippen molar-refractivity contribution in [1.29, 1.82) is 0 Å². The summed E-state index contributed by atoms with van der Waals surface area (Å²) in [5, 5.41) is 3.03. The van der Waals surface area contributed by atoms with E-state index in [9.17, 15) is 9.59 Å². The first-order valence-electron chi connectivity index (χ1n) is 11.3. The molecule has 166 valence electrons. The van der Waals surface area contributed by atoms with E-state index in [1.54, 1.807) is 0 Å². The third kappa shape index (κ3) is 4.54. The van der Waals surface area contributed by atoms with Crippen molar-refractivity contribution < 1.29 is 14.3 Å². The molecular weight excluding hydrogens is 382 g/mol. The number of aromatic nitrogens is 2. The van der Waals surface area contributed by atoms with Crippen LogP contribution in [-0.2, 0) is 27.9 Å². The van der Waals surface area contributed by atoms with E-state index in [4.69, 9.17) is 4.74 Å². The van der Waals surface area contributed by atoms with E-state index in [0.717, 1.165) is 44.7 Å². The lowest BCUT2D eigenvalue weighted by Crippen LogP contribution is -2.37. The van der Waals surface area contributed by atoms with Gasteiger partial charge in [-0.25, -0.2) is 4.98 Å². The smallest absolute Gasteiger partial charge is 0.225 e. The fraction of sp³-hybridized carbons (Fsp3) is 0.773. The summed E-state index contributed by atoms with van der Waals surface area (Å²) in [5.41, 5.74) is 1.15. The molecular formula is C22H35N5O3. The van der Waals surface area contributed by atoms with E-state index >= 15 is 0 Å². The first kappa shape index (κ1) is 21.3. The Hall–Kier alpha value is -1.93. The lowest BCUT2D eigenvalue weighted by atomic mass is 9.84. The summed E-state index contributed by atoms with van der Waals surface area (Å²) in [6, 6.07) is 0.376. The number of imidazole rings is 1. The van der Waals surface area contributed by atoms with Crippen molar-refractivity contribution in [2.75, 3.05) is 26.2 Å². The van der Waals surface area contributed by atoms with Gasteiger partial charge in [0.2, 0.25) is 11.8 Å². The van der Waals surface area contributed by atoms with Crippen LogP contribution < -0.4 is 5.32 Å². The molecule has 8 heteroatoms. The van der Waals surface area contributed by atoms with Gasteiger partial charge in [-0.3, -0.25) is 14.5 Å². The number of ether oxygens (including phenoxy) is 1. The number of rotatable bonds is 7. The first-order valence-corrected chi connectivity index (χ1v) is 11.3. The Morgan fingerprint density at radius 3 is 2.70 bits per heavy atom. The summed E-state index contributed by atoms with van der Waals surface area (Å²) < 4.78 is 8.22. The number of nitrogens with zero attached hydrogens (tertiary/aromatic N) is 4. The molecule has 3 aliphatic rings. The van der Waals surface area contributed by atoms with Gasteiger partial charge in [-0.1, -0.05) is 0 Å². The number of amides is 2. The maximum Gasteiger partial charge on any atom is 0.225 e. The van der Waals surface area contributed by atoms with Crippen LogP contribution in [0.15, 0.2) is 12.5 Å². The molecule has 3 fully saturated rings. The van der Waals surface area contributed by atoms with Crippen molar-refractivity contribution in [2.24, 2.45) is 18.9 Å². The zero-order valence-electron chi connectivity index (χ0n) is 18.4. The van der Waals surface area contributed by atoms with Gasteiger partial charge in [0.25, 0.3) is 0 Å². The zero-order chi connectivity index (χ0) is 21.3. The van der Waals surface area contributed by atoms with Crippen molar-refractivity contribution in [3.8, 4) is 0 Å². The molecule has 1 N–H and O–H groups in total. The number of likely N-dealkylation sites (tertiary alicyclic amines) is 2. The van der Waals surface area contributed by atoms with Crippen LogP contribution in [0.3, 0.4) is 0 Å². The lowest BCUT2D eigenvalue weighted by Gasteiger charge is -2.25. The molecule has 1 aromatic heterocycles. The van der Waals surface area contributed by atoms with Gasteiger partial charge in [0.1, 0.15) is 0 Å². The summed E-state index contributed by atoms with van der Waals surface area (Å²) in [4.78, 5) is 34.0. The van der Waals surface area contributed by atoms with E-state index < -0.39 is 0 Å². The van der Waals surface area contributed by atoms with Crippen LogP contribution in [0, 0.1) is 11.8 Å². The molecule has 3 aliphatic heterocycles. The highest BCUT2D eigenvalue weighted by molar-refractivity contribution is 5.77. The number of nitrogens with one attached hydrogen (secondary N) is 1. The molecule has 0 unspecified atom stereocenters. The predicted octanol–water partition coefficient (Wildman–Crippen LogP) is 1.16. The van der Waals surface area contributed by atoms with Crippen LogP contribution in [0.1, 0.15) is 45.2 Å². The molecule has 30 heavy (non-hydrogen) atoms. The van der Waals surface area contributed by atoms with Crippen molar-refractivity contribution in [1.82, 2.24) is 24.7 Å². The molecule has 4 atom stereocenters. The van der Waals surface area contributed by atoms with E-state index in [0.29, 0.717) is 19.4 Å². The molecule has 4 rings (SSSR count). The second-order valence-electron chi connectivity index (χ2n) is 9.42. The van der Waals surface area contributed by atoms with E-state index in [1.807, 2.05) is 42.9 Å². The Morgan fingerprint density at radius 1 is 1.27 bits per heavy atom. The number of carbonyl (C=O) groups excluding carboxylic acids is 2. The summed E-state index contributed by atoms with van der Waals surface area (Å²) in [6.07, 6.45) is 6.73. The maximum atomic E-state index is 12.8. The molecule has 0 radical (unpaired) electrons. The van der Waals surface area contributed by atoms with Crippen LogP contribution in [-0.4, -0.2) is 75.6 Å². The van der Waals surface area contributed by atoms with E-state index in [2.05, 4.69) is 15.2 Å². The standard InChI is InChI=1S/C22H35N5O3/c1-15(2)24-20(28)8-16-11-27(12-17-10-23-14-25(17)3)18-13-30-19(22(16)18)9-21(29)26-6-4-5-7-26/h10,14-16,18-19,22H,4-9,11-13H2,1-3H3,(H,24,28)/t16-,18-,19+,22-/m1/s1. The van der Waals surface area contributed by atoms with Crippen molar-refractivity contribution in [3.05, 3.63) is 18.2 Å². The largest absolute Gasteiger partial charge is 0.376 e. The van der Waals surface area contributed by atoms with E-state index in [-0.39, 0.29) is 41.8 Å². The zero-order valence-corrected chi connectivity index (χ0v) is 18.4. The molecule has 2 amide bonds. The third-order valence-corrected chi connectivity index (χ3v) is 6.85. The van der Waals surface area contributed by atoms with Gasteiger partial charge in [-0.05, 0) is 32.6 Å². The van der Waals surface area contributed by atoms with Crippen LogP contribution in [0.5, 0.6) is 0 Å². The van der Waals surface area contributed by atoms with Crippen molar-refractivity contribution in [2.45, 2.75) is 64.3 Å². The fourth-order valence-electron chi connectivity index (χ4n) is 5.43. The summed E-state index contributed by atoms with van der Waals surface area (Å²) in [5.74, 6) is 0.699. The number of aryl methyl sites for hydroxylation is 1. The molecule has 0 bridgehead atoms. The molecule has 0 aliphatic carbocycles. The SMILES string of the molecule is CC(C)NC(=O)C[C@@H]1CN(Cc2cncn2C)[C@@H]2CO[C@@H](CC(=O)N3CCCC3)[C@H]12. The average Bonchev–Trinajstić information content (AvgIpc) is 3.44. The highest BCUT2D eigenvalue weighted by Crippen LogP contribution is 2.42. The number of hydrogen-bond donors (Lipinski definition) is 1. The highest BCUT2D eigenvalue weighted by Gasteiger charge is 2.51. The van der Waals surface area contributed by atoms with Crippen molar-refractivity contribution >= 4 is 11.8 Å². The van der Waals surface area contributed by atoms with Gasteiger partial charge in [-0.15, -0.1) is 0 Å². The second kappa shape index (κ2) is 9.06. The Morgan fingerprint density at radius 2 is 2.03 bits per heavy atom. The molecule has 3 saturated heterocycles. The summed E-state index contributed by atoms with van der Waals surface area (Å²) >= 11 is 0. The predicted molar refractivity (Wildman–Crippen MR) is 112 cm³/mol. The number of hydrogen-bond acceptors (Lipinski definition) is 5. The van der Waals surface area contributed by atoms with Crippen LogP contribution >= 0.6 is 0 Å². The Kier molecular flexibility index (Phi) is 6.43. The summed E-state index contributed by atoms with van der Waals surface area (Å²) in [7, 11) is 2.01. The van der Waals surface area contributed by atoms with Gasteiger partial charge in [0.05, 0.1) is 31.2 Å². The minimum Gasteiger partial charge on any atom is -0.376 e. The average molecular weight is 418 g/mol. The number of fused-ring (bicyclic) bond motifs is 1. The molecule has 0 aromatic carbocycles. The van der Waals surface area contributed by atoms with Crippen LogP contribution in [0.2, 0.25) is 0 Å². The van der Waals surface area contributed by atoms with Gasteiger partial charge < -0.3 is 19.5 Å². The van der Waals surface area contributed by atoms with Crippen molar-refractivity contribution in [3.63, 3.8) is 0 Å². The van der Waals surface area contributed by atoms with Gasteiger partial charge in [-0.2, -0.15) is 0 Å². The van der Waals surface area contributed by atoms with Gasteiger partial charge in [0, 0.05) is 63.8 Å². The third-order valence-electron chi connectivity index (χ3n) is 6.85. The van der Waals surface area contributed by atoms with Gasteiger partial charge >= 0.3 is 0 Å². The van der Waals surface area contributed by atoms with Crippen LogP contribution in [0.25, 0.3) is 0 Å². The van der Waals surface area contributed by atoms with Crippen LogP contribution in [0.4, 0.5) is 0 Å². The Balaban J connectivity index is 1.47. The quantitative estimate of drug-likeness (QED) is 0.720.